The summed E-state index contributed by atoms with van der Waals surface area (Å²) >= 11 is 3.25. The summed E-state index contributed by atoms with van der Waals surface area (Å²) < 4.78 is 27.7. The molecule has 1 amide bonds. The summed E-state index contributed by atoms with van der Waals surface area (Å²) in [5.41, 5.74) is 1.27. The summed E-state index contributed by atoms with van der Waals surface area (Å²) in [6, 6.07) is 16.9. The van der Waals surface area contributed by atoms with Gasteiger partial charge in [0, 0.05) is 50.2 Å². The van der Waals surface area contributed by atoms with Gasteiger partial charge in [0.1, 0.15) is 0 Å². The molecule has 28 heavy (non-hydrogen) atoms. The molecule has 0 aliphatic carbocycles. The lowest BCUT2D eigenvalue weighted by Crippen LogP contribution is -2.48. The number of rotatable bonds is 7. The van der Waals surface area contributed by atoms with Crippen molar-refractivity contribution >= 4 is 31.9 Å². The Hall–Kier alpha value is -1.74. The van der Waals surface area contributed by atoms with E-state index in [1.807, 2.05) is 23.1 Å². The number of sulfonamides is 1. The van der Waals surface area contributed by atoms with Crippen LogP contribution in [0.25, 0.3) is 0 Å². The lowest BCUT2D eigenvalue weighted by Gasteiger charge is -2.34. The zero-order valence-electron chi connectivity index (χ0n) is 15.6. The molecule has 6 nitrogen and oxygen atoms in total. The Morgan fingerprint density at radius 2 is 1.61 bits per heavy atom. The van der Waals surface area contributed by atoms with Crippen molar-refractivity contribution < 1.29 is 13.2 Å². The average molecular weight is 466 g/mol. The van der Waals surface area contributed by atoms with E-state index >= 15 is 0 Å². The zero-order valence-corrected chi connectivity index (χ0v) is 18.0. The largest absolute Gasteiger partial charge is 0.340 e. The number of piperazine rings is 1. The van der Waals surface area contributed by atoms with Gasteiger partial charge in [-0.15, -0.1) is 0 Å². The summed E-state index contributed by atoms with van der Waals surface area (Å²) in [6.07, 6.45) is 0.155. The molecule has 0 unspecified atom stereocenters. The van der Waals surface area contributed by atoms with Crippen LogP contribution in [0.1, 0.15) is 12.0 Å². The van der Waals surface area contributed by atoms with E-state index in [1.54, 1.807) is 18.2 Å². The third kappa shape index (κ3) is 5.64. The van der Waals surface area contributed by atoms with Crippen LogP contribution in [0.15, 0.2) is 64.0 Å². The van der Waals surface area contributed by atoms with Crippen LogP contribution in [0.5, 0.6) is 0 Å². The van der Waals surface area contributed by atoms with E-state index in [9.17, 15) is 13.2 Å². The zero-order chi connectivity index (χ0) is 20.0. The van der Waals surface area contributed by atoms with Crippen molar-refractivity contribution in [2.24, 2.45) is 0 Å². The number of carbonyl (C=O) groups excluding carboxylic acids is 1. The van der Waals surface area contributed by atoms with Crippen LogP contribution in [0.2, 0.25) is 0 Å². The van der Waals surface area contributed by atoms with Crippen LogP contribution < -0.4 is 4.72 Å². The highest BCUT2D eigenvalue weighted by Gasteiger charge is 2.22. The SMILES string of the molecule is O=C(CCNS(=O)(=O)c1ccccc1Br)N1CCN(Cc2ccccc2)CC1. The molecular formula is C20H24BrN3O3S. The molecular weight excluding hydrogens is 442 g/mol. The maximum absolute atomic E-state index is 12.4. The highest BCUT2D eigenvalue weighted by atomic mass is 79.9. The lowest BCUT2D eigenvalue weighted by molar-refractivity contribution is -0.132. The molecule has 1 aliphatic rings. The van der Waals surface area contributed by atoms with Gasteiger partial charge in [0.2, 0.25) is 15.9 Å². The number of hydrogen-bond donors (Lipinski definition) is 1. The van der Waals surface area contributed by atoms with Crippen molar-refractivity contribution in [3.05, 3.63) is 64.6 Å². The van der Waals surface area contributed by atoms with E-state index in [-0.39, 0.29) is 23.8 Å². The average Bonchev–Trinajstić information content (AvgIpc) is 2.69. The Balaban J connectivity index is 1.43. The fourth-order valence-corrected chi connectivity index (χ4v) is 5.22. The van der Waals surface area contributed by atoms with Crippen molar-refractivity contribution in [3.63, 3.8) is 0 Å². The van der Waals surface area contributed by atoms with E-state index in [0.717, 1.165) is 19.6 Å². The van der Waals surface area contributed by atoms with Crippen molar-refractivity contribution in [1.29, 1.82) is 0 Å². The van der Waals surface area contributed by atoms with Gasteiger partial charge in [0.05, 0.1) is 4.90 Å². The first-order valence-electron chi connectivity index (χ1n) is 9.24. The molecule has 1 heterocycles. The van der Waals surface area contributed by atoms with E-state index in [1.165, 1.54) is 11.6 Å². The molecule has 0 bridgehead atoms. The summed E-state index contributed by atoms with van der Waals surface area (Å²) in [5, 5.41) is 0. The van der Waals surface area contributed by atoms with E-state index in [0.29, 0.717) is 17.6 Å². The predicted molar refractivity (Wildman–Crippen MR) is 112 cm³/mol. The fraction of sp³-hybridized carbons (Fsp3) is 0.350. The molecule has 1 saturated heterocycles. The first kappa shape index (κ1) is 21.0. The van der Waals surface area contributed by atoms with Crippen LogP contribution in [-0.2, 0) is 21.4 Å². The number of benzene rings is 2. The van der Waals surface area contributed by atoms with Crippen LogP contribution in [0.3, 0.4) is 0 Å². The Morgan fingerprint density at radius 1 is 0.964 bits per heavy atom. The monoisotopic (exact) mass is 465 g/mol. The molecule has 1 fully saturated rings. The van der Waals surface area contributed by atoms with Gasteiger partial charge < -0.3 is 4.90 Å². The summed E-state index contributed by atoms with van der Waals surface area (Å²) in [6.45, 7) is 3.96. The van der Waals surface area contributed by atoms with Gasteiger partial charge in [-0.25, -0.2) is 13.1 Å². The summed E-state index contributed by atoms with van der Waals surface area (Å²) in [7, 11) is -3.64. The third-order valence-electron chi connectivity index (χ3n) is 4.73. The van der Waals surface area contributed by atoms with Crippen LogP contribution in [0, 0.1) is 0 Å². The van der Waals surface area contributed by atoms with Crippen molar-refractivity contribution in [3.8, 4) is 0 Å². The van der Waals surface area contributed by atoms with Gasteiger partial charge in [-0.05, 0) is 33.6 Å². The summed E-state index contributed by atoms with van der Waals surface area (Å²) in [5.74, 6) is -0.0193. The van der Waals surface area contributed by atoms with E-state index in [2.05, 4.69) is 37.7 Å². The van der Waals surface area contributed by atoms with Gasteiger partial charge in [-0.3, -0.25) is 9.69 Å². The Bertz CT molecular complexity index is 898. The van der Waals surface area contributed by atoms with Gasteiger partial charge in [0.15, 0.2) is 0 Å². The molecule has 0 saturated carbocycles. The molecule has 3 rings (SSSR count). The number of halogens is 1. The topological polar surface area (TPSA) is 69.7 Å². The van der Waals surface area contributed by atoms with E-state index in [4.69, 9.17) is 0 Å². The second kappa shape index (κ2) is 9.65. The highest BCUT2D eigenvalue weighted by Crippen LogP contribution is 2.20. The van der Waals surface area contributed by atoms with Gasteiger partial charge >= 0.3 is 0 Å². The number of carbonyl (C=O) groups is 1. The second-order valence-electron chi connectivity index (χ2n) is 6.72. The Morgan fingerprint density at radius 3 is 2.29 bits per heavy atom. The normalized spacial score (nSPS) is 15.5. The molecule has 1 N–H and O–H groups in total. The third-order valence-corrected chi connectivity index (χ3v) is 7.20. The molecule has 2 aromatic rings. The standard InChI is InChI=1S/C20H24BrN3O3S/c21-18-8-4-5-9-19(18)28(26,27)22-11-10-20(25)24-14-12-23(13-15-24)16-17-6-2-1-3-7-17/h1-9,22H,10-16H2. The minimum absolute atomic E-state index is 0.0193. The molecule has 1 aliphatic heterocycles. The fourth-order valence-electron chi connectivity index (χ4n) is 3.19. The summed E-state index contributed by atoms with van der Waals surface area (Å²) in [4.78, 5) is 16.7. The highest BCUT2D eigenvalue weighted by molar-refractivity contribution is 9.10. The van der Waals surface area contributed by atoms with Crippen molar-refractivity contribution in [1.82, 2.24) is 14.5 Å². The first-order chi connectivity index (χ1) is 13.5. The molecule has 0 spiro atoms. The molecule has 2 aromatic carbocycles. The number of amides is 1. The second-order valence-corrected chi connectivity index (χ2v) is 9.31. The van der Waals surface area contributed by atoms with Gasteiger partial charge in [0.25, 0.3) is 0 Å². The minimum atomic E-state index is -3.64. The van der Waals surface area contributed by atoms with Crippen LogP contribution in [0.4, 0.5) is 0 Å². The smallest absolute Gasteiger partial charge is 0.241 e. The Labute approximate surface area is 174 Å². The van der Waals surface area contributed by atoms with Crippen molar-refractivity contribution in [2.45, 2.75) is 17.9 Å². The number of hydrogen-bond acceptors (Lipinski definition) is 4. The number of nitrogens with one attached hydrogen (secondary N) is 1. The van der Waals surface area contributed by atoms with Crippen LogP contribution in [-0.4, -0.2) is 56.8 Å². The molecule has 0 radical (unpaired) electrons. The maximum atomic E-state index is 12.4. The molecule has 150 valence electrons. The molecule has 0 aromatic heterocycles. The van der Waals surface area contributed by atoms with Crippen LogP contribution >= 0.6 is 15.9 Å². The molecule has 0 atom stereocenters. The minimum Gasteiger partial charge on any atom is -0.340 e. The van der Waals surface area contributed by atoms with E-state index < -0.39 is 10.0 Å². The lowest BCUT2D eigenvalue weighted by atomic mass is 10.2. The number of nitrogens with zero attached hydrogens (tertiary/aromatic N) is 2. The predicted octanol–water partition coefficient (Wildman–Crippen LogP) is 2.46. The first-order valence-corrected chi connectivity index (χ1v) is 11.5. The Kier molecular flexibility index (Phi) is 7.23. The quantitative estimate of drug-likeness (QED) is 0.681. The van der Waals surface area contributed by atoms with Gasteiger partial charge in [-0.2, -0.15) is 0 Å². The van der Waals surface area contributed by atoms with Crippen molar-refractivity contribution in [2.75, 3.05) is 32.7 Å². The maximum Gasteiger partial charge on any atom is 0.241 e. The molecule has 8 heteroatoms. The van der Waals surface area contributed by atoms with Gasteiger partial charge in [-0.1, -0.05) is 42.5 Å².